The van der Waals surface area contributed by atoms with Gasteiger partial charge in [-0.15, -0.1) is 0 Å². The number of hydrogen-bond acceptors (Lipinski definition) is 3. The topological polar surface area (TPSA) is 70.2 Å². The fraction of sp³-hybridized carbons (Fsp3) is 0.833. The first-order valence-electron chi connectivity index (χ1n) is 6.34. The minimum absolute atomic E-state index is 0.0996. The van der Waals surface area contributed by atoms with Crippen LogP contribution in [-0.2, 0) is 9.59 Å². The lowest BCUT2D eigenvalue weighted by Crippen LogP contribution is -2.53. The van der Waals surface area contributed by atoms with Crippen molar-refractivity contribution in [2.24, 2.45) is 11.3 Å². The number of piperidine rings is 1. The van der Waals surface area contributed by atoms with Crippen molar-refractivity contribution in [3.8, 4) is 0 Å². The molecule has 96 valence electrons. The molecule has 5 nitrogen and oxygen atoms in total. The zero-order valence-electron chi connectivity index (χ0n) is 10.5. The van der Waals surface area contributed by atoms with Gasteiger partial charge in [-0.3, -0.25) is 9.59 Å². The Hall–Kier alpha value is -1.10. The molecule has 2 aliphatic rings. The second kappa shape index (κ2) is 4.64. The number of rotatable bonds is 3. The molecule has 2 atom stereocenters. The average Bonchev–Trinajstić information content (AvgIpc) is 3.12. The van der Waals surface area contributed by atoms with E-state index in [9.17, 15) is 9.59 Å². The smallest absolute Gasteiger partial charge is 0.235 e. The molecule has 2 unspecified atom stereocenters. The molecular formula is C12H21N3O2. The van der Waals surface area contributed by atoms with Crippen molar-refractivity contribution in [2.45, 2.75) is 32.2 Å². The third-order valence-corrected chi connectivity index (χ3v) is 3.99. The molecule has 2 rings (SSSR count). The molecule has 17 heavy (non-hydrogen) atoms. The van der Waals surface area contributed by atoms with Crippen molar-refractivity contribution in [3.63, 3.8) is 0 Å². The van der Waals surface area contributed by atoms with Crippen LogP contribution in [0.3, 0.4) is 0 Å². The molecule has 0 spiro atoms. The lowest BCUT2D eigenvalue weighted by molar-refractivity contribution is -0.137. The molecule has 1 aliphatic heterocycles. The Kier molecular flexibility index (Phi) is 3.38. The third kappa shape index (κ3) is 2.29. The predicted octanol–water partition coefficient (Wildman–Crippen LogP) is -0.373. The van der Waals surface area contributed by atoms with E-state index in [2.05, 4.69) is 22.9 Å². The number of nitrogens with one attached hydrogen (secondary N) is 3. The summed E-state index contributed by atoms with van der Waals surface area (Å²) in [4.78, 5) is 23.8. The molecule has 1 saturated heterocycles. The summed E-state index contributed by atoms with van der Waals surface area (Å²) in [6, 6.07) is 0.151. The van der Waals surface area contributed by atoms with Crippen molar-refractivity contribution >= 4 is 11.8 Å². The SMILES string of the molecule is CNC(=O)C1(C(=O)NC2CNCCC2C)CC1. The van der Waals surface area contributed by atoms with Crippen LogP contribution < -0.4 is 16.0 Å². The fourth-order valence-corrected chi connectivity index (χ4v) is 2.41. The van der Waals surface area contributed by atoms with Gasteiger partial charge in [0.05, 0.1) is 0 Å². The number of hydrogen-bond donors (Lipinski definition) is 3. The maximum atomic E-state index is 12.1. The highest BCUT2D eigenvalue weighted by molar-refractivity contribution is 6.07. The molecule has 0 aromatic rings. The summed E-state index contributed by atoms with van der Waals surface area (Å²) in [5, 5.41) is 8.88. The zero-order valence-corrected chi connectivity index (χ0v) is 10.5. The average molecular weight is 239 g/mol. The van der Waals surface area contributed by atoms with E-state index in [4.69, 9.17) is 0 Å². The van der Waals surface area contributed by atoms with Gasteiger partial charge in [0.1, 0.15) is 5.41 Å². The third-order valence-electron chi connectivity index (χ3n) is 3.99. The van der Waals surface area contributed by atoms with Crippen molar-refractivity contribution in [2.75, 3.05) is 20.1 Å². The summed E-state index contributed by atoms with van der Waals surface area (Å²) in [7, 11) is 1.58. The lowest BCUT2D eigenvalue weighted by atomic mass is 9.93. The summed E-state index contributed by atoms with van der Waals surface area (Å²) in [6.45, 7) is 3.95. The molecule has 0 aromatic heterocycles. The van der Waals surface area contributed by atoms with Crippen molar-refractivity contribution in [3.05, 3.63) is 0 Å². The van der Waals surface area contributed by atoms with E-state index in [1.807, 2.05) is 0 Å². The van der Waals surface area contributed by atoms with E-state index in [1.165, 1.54) is 0 Å². The number of amides is 2. The second-order valence-electron chi connectivity index (χ2n) is 5.21. The Morgan fingerprint density at radius 2 is 2.00 bits per heavy atom. The standard InChI is InChI=1S/C12H21N3O2/c1-8-3-6-14-7-9(8)15-11(17)12(4-5-12)10(16)13-2/h8-9,14H,3-7H2,1-2H3,(H,13,16)(H,15,17). The van der Waals surface area contributed by atoms with Gasteiger partial charge in [0, 0.05) is 19.6 Å². The van der Waals surface area contributed by atoms with Gasteiger partial charge in [0.2, 0.25) is 11.8 Å². The second-order valence-corrected chi connectivity index (χ2v) is 5.21. The first-order valence-corrected chi connectivity index (χ1v) is 6.34. The zero-order chi connectivity index (χ0) is 12.5. The molecule has 2 fully saturated rings. The van der Waals surface area contributed by atoms with Crippen LogP contribution in [0.4, 0.5) is 0 Å². The Balaban J connectivity index is 1.95. The maximum absolute atomic E-state index is 12.1. The first-order chi connectivity index (χ1) is 8.10. The summed E-state index contributed by atoms with van der Waals surface area (Å²) in [6.07, 6.45) is 2.41. The van der Waals surface area contributed by atoms with Gasteiger partial charge in [0.15, 0.2) is 0 Å². The van der Waals surface area contributed by atoms with E-state index < -0.39 is 5.41 Å². The lowest BCUT2D eigenvalue weighted by Gasteiger charge is -2.31. The maximum Gasteiger partial charge on any atom is 0.235 e. The molecule has 1 aliphatic carbocycles. The van der Waals surface area contributed by atoms with Crippen LogP contribution in [0.2, 0.25) is 0 Å². The van der Waals surface area contributed by atoms with Gasteiger partial charge < -0.3 is 16.0 Å². The minimum Gasteiger partial charge on any atom is -0.358 e. The van der Waals surface area contributed by atoms with Gasteiger partial charge in [-0.05, 0) is 31.7 Å². The first kappa shape index (κ1) is 12.4. The number of carbonyl (C=O) groups is 2. The highest BCUT2D eigenvalue weighted by Gasteiger charge is 2.56. The normalized spacial score (nSPS) is 30.5. The Morgan fingerprint density at radius 1 is 1.29 bits per heavy atom. The summed E-state index contributed by atoms with van der Waals surface area (Å²) in [5.74, 6) is 0.226. The molecule has 3 N–H and O–H groups in total. The Morgan fingerprint density at radius 3 is 2.53 bits per heavy atom. The summed E-state index contributed by atoms with van der Waals surface area (Å²) >= 11 is 0. The fourth-order valence-electron chi connectivity index (χ4n) is 2.41. The van der Waals surface area contributed by atoms with Crippen LogP contribution in [0.15, 0.2) is 0 Å². The summed E-state index contributed by atoms with van der Waals surface area (Å²) in [5.41, 5.74) is -0.772. The number of carbonyl (C=O) groups excluding carboxylic acids is 2. The molecule has 5 heteroatoms. The van der Waals surface area contributed by atoms with E-state index in [0.29, 0.717) is 18.8 Å². The van der Waals surface area contributed by atoms with Crippen LogP contribution in [0.25, 0.3) is 0 Å². The van der Waals surface area contributed by atoms with Crippen molar-refractivity contribution in [1.82, 2.24) is 16.0 Å². The predicted molar refractivity (Wildman–Crippen MR) is 64.3 cm³/mol. The van der Waals surface area contributed by atoms with E-state index in [0.717, 1.165) is 19.5 Å². The molecule has 0 radical (unpaired) electrons. The highest BCUT2D eigenvalue weighted by atomic mass is 16.2. The van der Waals surface area contributed by atoms with Gasteiger partial charge in [-0.1, -0.05) is 6.92 Å². The quantitative estimate of drug-likeness (QED) is 0.588. The molecule has 0 aromatic carbocycles. The molecule has 1 saturated carbocycles. The molecule has 2 amide bonds. The van der Waals surface area contributed by atoms with Crippen molar-refractivity contribution < 1.29 is 9.59 Å². The van der Waals surface area contributed by atoms with E-state index >= 15 is 0 Å². The van der Waals surface area contributed by atoms with E-state index in [-0.39, 0.29) is 17.9 Å². The summed E-state index contributed by atoms with van der Waals surface area (Å²) < 4.78 is 0. The monoisotopic (exact) mass is 239 g/mol. The van der Waals surface area contributed by atoms with Gasteiger partial charge >= 0.3 is 0 Å². The van der Waals surface area contributed by atoms with Crippen LogP contribution in [0.5, 0.6) is 0 Å². The Labute approximate surface area is 102 Å². The molecule has 1 heterocycles. The van der Waals surface area contributed by atoms with Crippen LogP contribution in [0.1, 0.15) is 26.2 Å². The van der Waals surface area contributed by atoms with Crippen LogP contribution in [0, 0.1) is 11.3 Å². The molecule has 0 bridgehead atoms. The van der Waals surface area contributed by atoms with E-state index in [1.54, 1.807) is 7.05 Å². The van der Waals surface area contributed by atoms with Gasteiger partial charge in [-0.2, -0.15) is 0 Å². The minimum atomic E-state index is -0.772. The van der Waals surface area contributed by atoms with Crippen LogP contribution >= 0.6 is 0 Å². The van der Waals surface area contributed by atoms with Crippen molar-refractivity contribution in [1.29, 1.82) is 0 Å². The van der Waals surface area contributed by atoms with Gasteiger partial charge in [0.25, 0.3) is 0 Å². The Bertz CT molecular complexity index is 326. The largest absolute Gasteiger partial charge is 0.358 e. The molecular weight excluding hydrogens is 218 g/mol. The van der Waals surface area contributed by atoms with Crippen LogP contribution in [-0.4, -0.2) is 38.0 Å². The highest BCUT2D eigenvalue weighted by Crippen LogP contribution is 2.46. The van der Waals surface area contributed by atoms with Gasteiger partial charge in [-0.25, -0.2) is 0 Å².